The first kappa shape index (κ1) is 13.2. The van der Waals surface area contributed by atoms with E-state index in [1.54, 1.807) is 12.1 Å². The van der Waals surface area contributed by atoms with Gasteiger partial charge in [-0.2, -0.15) is 0 Å². The second-order valence-corrected chi connectivity index (χ2v) is 4.82. The minimum atomic E-state index is -0.327. The van der Waals surface area contributed by atoms with Crippen molar-refractivity contribution in [3.8, 4) is 11.5 Å². The standard InChI is InChI=1S/C13H15NO3.ClH/c15-9-1-2-12-10(7-9)11(16)8-13(17-12)3-5-14-6-4-13;/h1-2,7,14-15H,3-6,8H2;1H. The van der Waals surface area contributed by atoms with Crippen LogP contribution in [-0.2, 0) is 0 Å². The molecule has 1 saturated heterocycles. The molecule has 2 aliphatic heterocycles. The summed E-state index contributed by atoms with van der Waals surface area (Å²) in [5.41, 5.74) is 0.181. The smallest absolute Gasteiger partial charge is 0.170 e. The van der Waals surface area contributed by atoms with Crippen LogP contribution in [0.2, 0.25) is 0 Å². The number of Topliss-reactive ketones (excluding diaryl/α,β-unsaturated/α-hetero) is 1. The number of aromatic hydroxyl groups is 1. The second kappa shape index (κ2) is 4.78. The molecule has 2 N–H and O–H groups in total. The zero-order valence-corrected chi connectivity index (χ0v) is 10.8. The molecule has 0 aliphatic carbocycles. The van der Waals surface area contributed by atoms with Crippen LogP contribution < -0.4 is 10.1 Å². The lowest BCUT2D eigenvalue weighted by Gasteiger charge is -2.40. The van der Waals surface area contributed by atoms with Crippen molar-refractivity contribution in [1.82, 2.24) is 5.32 Å². The number of phenolic OH excluding ortho intramolecular Hbond substituents is 1. The minimum absolute atomic E-state index is 0. The predicted octanol–water partition coefficient (Wildman–Crippen LogP) is 1.90. The first-order chi connectivity index (χ1) is 8.19. The highest BCUT2D eigenvalue weighted by molar-refractivity contribution is 6.00. The first-order valence-corrected chi connectivity index (χ1v) is 5.95. The van der Waals surface area contributed by atoms with E-state index >= 15 is 0 Å². The third-order valence-electron chi connectivity index (χ3n) is 3.59. The normalized spacial score (nSPS) is 20.8. The van der Waals surface area contributed by atoms with Crippen LogP contribution in [0, 0.1) is 0 Å². The topological polar surface area (TPSA) is 58.6 Å². The van der Waals surface area contributed by atoms with Crippen molar-refractivity contribution in [2.45, 2.75) is 24.9 Å². The summed E-state index contributed by atoms with van der Waals surface area (Å²) in [4.78, 5) is 12.1. The number of fused-ring (bicyclic) bond motifs is 1. The van der Waals surface area contributed by atoms with Gasteiger partial charge in [-0.1, -0.05) is 0 Å². The number of ether oxygens (including phenoxy) is 1. The average molecular weight is 270 g/mol. The number of phenols is 1. The van der Waals surface area contributed by atoms with E-state index in [0.717, 1.165) is 25.9 Å². The molecule has 98 valence electrons. The fourth-order valence-corrected chi connectivity index (χ4v) is 2.64. The number of halogens is 1. The Bertz CT molecular complexity index is 469. The molecule has 1 aromatic carbocycles. The maximum Gasteiger partial charge on any atom is 0.170 e. The molecule has 4 nitrogen and oxygen atoms in total. The highest BCUT2D eigenvalue weighted by Crippen LogP contribution is 2.39. The van der Waals surface area contributed by atoms with E-state index in [0.29, 0.717) is 17.7 Å². The molecule has 0 radical (unpaired) electrons. The van der Waals surface area contributed by atoms with Gasteiger partial charge in [0, 0.05) is 12.8 Å². The molecule has 5 heteroatoms. The maximum atomic E-state index is 12.1. The van der Waals surface area contributed by atoms with Gasteiger partial charge in [-0.15, -0.1) is 12.4 Å². The van der Waals surface area contributed by atoms with Crippen molar-refractivity contribution in [2.24, 2.45) is 0 Å². The van der Waals surface area contributed by atoms with E-state index in [1.807, 2.05) is 0 Å². The number of rotatable bonds is 0. The quantitative estimate of drug-likeness (QED) is 0.755. The van der Waals surface area contributed by atoms with Crippen molar-refractivity contribution >= 4 is 18.2 Å². The molecule has 0 unspecified atom stereocenters. The van der Waals surface area contributed by atoms with E-state index in [-0.39, 0.29) is 29.5 Å². The molecule has 18 heavy (non-hydrogen) atoms. The Morgan fingerprint density at radius 1 is 1.28 bits per heavy atom. The zero-order chi connectivity index (χ0) is 11.9. The largest absolute Gasteiger partial charge is 0.508 e. The number of hydrogen-bond acceptors (Lipinski definition) is 4. The lowest BCUT2D eigenvalue weighted by atomic mass is 9.83. The molecule has 2 heterocycles. The van der Waals surface area contributed by atoms with Crippen molar-refractivity contribution in [3.05, 3.63) is 23.8 Å². The Balaban J connectivity index is 0.00000120. The predicted molar refractivity (Wildman–Crippen MR) is 69.8 cm³/mol. The SMILES string of the molecule is Cl.O=C1CC2(CCNCC2)Oc2ccc(O)cc21. The van der Waals surface area contributed by atoms with Crippen LogP contribution in [0.25, 0.3) is 0 Å². The van der Waals surface area contributed by atoms with Crippen LogP contribution in [0.15, 0.2) is 18.2 Å². The fraction of sp³-hybridized carbons (Fsp3) is 0.462. The van der Waals surface area contributed by atoms with Gasteiger partial charge in [-0.05, 0) is 31.3 Å². The van der Waals surface area contributed by atoms with Gasteiger partial charge in [0.25, 0.3) is 0 Å². The van der Waals surface area contributed by atoms with Crippen LogP contribution in [0.5, 0.6) is 11.5 Å². The summed E-state index contributed by atoms with van der Waals surface area (Å²) in [6, 6.07) is 4.74. The summed E-state index contributed by atoms with van der Waals surface area (Å²) >= 11 is 0. The van der Waals surface area contributed by atoms with Crippen LogP contribution in [0.1, 0.15) is 29.6 Å². The van der Waals surface area contributed by atoms with Gasteiger partial charge in [0.2, 0.25) is 0 Å². The first-order valence-electron chi connectivity index (χ1n) is 5.95. The molecule has 0 amide bonds. The monoisotopic (exact) mass is 269 g/mol. The number of carbonyl (C=O) groups excluding carboxylic acids is 1. The number of ketones is 1. The highest BCUT2D eigenvalue weighted by atomic mass is 35.5. The Morgan fingerprint density at radius 3 is 2.72 bits per heavy atom. The van der Waals surface area contributed by atoms with Gasteiger partial charge in [0.15, 0.2) is 5.78 Å². The van der Waals surface area contributed by atoms with Crippen LogP contribution >= 0.6 is 12.4 Å². The highest BCUT2D eigenvalue weighted by Gasteiger charge is 2.41. The lowest BCUT2D eigenvalue weighted by Crippen LogP contribution is -2.49. The summed E-state index contributed by atoms with van der Waals surface area (Å²) in [5.74, 6) is 0.798. The number of benzene rings is 1. The van der Waals surface area contributed by atoms with E-state index in [1.165, 1.54) is 6.07 Å². The van der Waals surface area contributed by atoms with Gasteiger partial charge >= 0.3 is 0 Å². The Kier molecular flexibility index (Phi) is 3.50. The van der Waals surface area contributed by atoms with Gasteiger partial charge in [0.05, 0.1) is 12.0 Å². The van der Waals surface area contributed by atoms with Gasteiger partial charge in [-0.3, -0.25) is 4.79 Å². The summed E-state index contributed by atoms with van der Waals surface area (Å²) < 4.78 is 6.01. The molecular weight excluding hydrogens is 254 g/mol. The fourth-order valence-electron chi connectivity index (χ4n) is 2.64. The Labute approximate surface area is 112 Å². The zero-order valence-electron chi connectivity index (χ0n) is 9.94. The summed E-state index contributed by atoms with van der Waals surface area (Å²) in [6.45, 7) is 1.78. The van der Waals surface area contributed by atoms with Crippen molar-refractivity contribution < 1.29 is 14.6 Å². The summed E-state index contributed by atoms with van der Waals surface area (Å²) in [5, 5.41) is 12.7. The van der Waals surface area contributed by atoms with Gasteiger partial charge < -0.3 is 15.2 Å². The third kappa shape index (κ3) is 2.18. The van der Waals surface area contributed by atoms with Crippen LogP contribution in [0.3, 0.4) is 0 Å². The number of piperidine rings is 1. The molecule has 3 rings (SSSR count). The number of carbonyl (C=O) groups is 1. The van der Waals surface area contributed by atoms with E-state index in [2.05, 4.69) is 5.32 Å². The minimum Gasteiger partial charge on any atom is -0.508 e. The molecule has 0 bridgehead atoms. The maximum absolute atomic E-state index is 12.1. The van der Waals surface area contributed by atoms with Crippen LogP contribution in [-0.4, -0.2) is 29.6 Å². The molecule has 0 atom stereocenters. The molecular formula is C13H16ClNO3. The number of nitrogens with one attached hydrogen (secondary N) is 1. The lowest BCUT2D eigenvalue weighted by molar-refractivity contribution is 0.0186. The van der Waals surface area contributed by atoms with E-state index in [4.69, 9.17) is 4.74 Å². The average Bonchev–Trinajstić information content (AvgIpc) is 2.31. The molecule has 2 aliphatic rings. The Hall–Kier alpha value is -1.26. The summed E-state index contributed by atoms with van der Waals surface area (Å²) in [6.07, 6.45) is 2.14. The van der Waals surface area contributed by atoms with Crippen molar-refractivity contribution in [2.75, 3.05) is 13.1 Å². The van der Waals surface area contributed by atoms with Gasteiger partial charge in [0.1, 0.15) is 17.1 Å². The molecule has 1 aromatic rings. The van der Waals surface area contributed by atoms with Gasteiger partial charge in [-0.25, -0.2) is 0 Å². The molecule has 0 aromatic heterocycles. The molecule has 1 spiro atoms. The Morgan fingerprint density at radius 2 is 2.00 bits per heavy atom. The van der Waals surface area contributed by atoms with E-state index < -0.39 is 0 Å². The number of hydrogen-bond donors (Lipinski definition) is 2. The molecule has 1 fully saturated rings. The molecule has 0 saturated carbocycles. The second-order valence-electron chi connectivity index (χ2n) is 4.82. The van der Waals surface area contributed by atoms with E-state index in [9.17, 15) is 9.90 Å². The summed E-state index contributed by atoms with van der Waals surface area (Å²) in [7, 11) is 0. The third-order valence-corrected chi connectivity index (χ3v) is 3.59. The van der Waals surface area contributed by atoms with Crippen LogP contribution in [0.4, 0.5) is 0 Å². The van der Waals surface area contributed by atoms with Crippen molar-refractivity contribution in [3.63, 3.8) is 0 Å². The van der Waals surface area contributed by atoms with Crippen molar-refractivity contribution in [1.29, 1.82) is 0 Å².